The number of thioether (sulfide) groups is 1. The molecule has 0 radical (unpaired) electrons. The van der Waals surface area contributed by atoms with Gasteiger partial charge in [-0.25, -0.2) is 0 Å². The van der Waals surface area contributed by atoms with Crippen molar-refractivity contribution in [3.8, 4) is 0 Å². The molecular weight excluding hydrogens is 440 g/mol. The van der Waals surface area contributed by atoms with E-state index in [-0.39, 0.29) is 25.9 Å². The maximum absolute atomic E-state index is 13.5. The van der Waals surface area contributed by atoms with Crippen molar-refractivity contribution in [2.24, 2.45) is 0 Å². The Kier molecular flexibility index (Phi) is 3.61. The molecule has 1 saturated heterocycles. The Morgan fingerprint density at radius 2 is 2.00 bits per heavy atom. The fraction of sp³-hybridized carbons (Fsp3) is 0.158. The Morgan fingerprint density at radius 1 is 1.16 bits per heavy atom. The van der Waals surface area contributed by atoms with Crippen molar-refractivity contribution in [3.05, 3.63) is 68.3 Å². The summed E-state index contributed by atoms with van der Waals surface area (Å²) in [5.74, 6) is -0.368. The van der Waals surface area contributed by atoms with Gasteiger partial charge in [0.1, 0.15) is 0 Å². The van der Waals surface area contributed by atoms with Crippen LogP contribution >= 0.6 is 11.8 Å². The van der Waals surface area contributed by atoms with Crippen molar-refractivity contribution >= 4 is 53.7 Å². The zero-order valence-electron chi connectivity index (χ0n) is 13.2. The molecule has 3 nitrogen and oxygen atoms in total. The number of carbonyl (C=O) groups is 2. The van der Waals surface area contributed by atoms with Crippen molar-refractivity contribution in [1.29, 1.82) is 0 Å². The molecule has 0 saturated carbocycles. The summed E-state index contributed by atoms with van der Waals surface area (Å²) in [5, 5.41) is 1.90. The van der Waals surface area contributed by atoms with Crippen molar-refractivity contribution in [3.63, 3.8) is 0 Å². The molecule has 4 bridgehead atoms. The van der Waals surface area contributed by atoms with Crippen LogP contribution in [-0.2, 0) is 11.2 Å². The van der Waals surface area contributed by atoms with E-state index < -0.39 is 21.4 Å². The van der Waals surface area contributed by atoms with Crippen molar-refractivity contribution < 1.29 is 14.0 Å². The van der Waals surface area contributed by atoms with Crippen LogP contribution in [0.25, 0.3) is 6.08 Å². The maximum atomic E-state index is 13.5. The molecular formula is C19H13FInNO2S. The van der Waals surface area contributed by atoms with E-state index in [1.165, 1.54) is 23.8 Å². The minimum absolute atomic E-state index is 0.151. The van der Waals surface area contributed by atoms with Gasteiger partial charge in [-0.3, -0.25) is 0 Å². The normalized spacial score (nSPS) is 23.2. The molecule has 0 spiro atoms. The Balaban J connectivity index is 1.53. The molecule has 25 heavy (non-hydrogen) atoms. The number of halogens is 1. The van der Waals surface area contributed by atoms with Crippen LogP contribution < -0.4 is 8.64 Å². The molecule has 1 N–H and O–H groups in total. The average Bonchev–Trinajstić information content (AvgIpc) is 3.13. The summed E-state index contributed by atoms with van der Waals surface area (Å²) in [4.78, 5) is 24.0. The van der Waals surface area contributed by atoms with Gasteiger partial charge in [-0.15, -0.1) is 0 Å². The van der Waals surface area contributed by atoms with Gasteiger partial charge < -0.3 is 0 Å². The van der Waals surface area contributed by atoms with Crippen molar-refractivity contribution in [1.82, 2.24) is 5.32 Å². The molecule has 5 rings (SSSR count). The Hall–Kier alpha value is -1.53. The average molecular weight is 453 g/mol. The third-order valence-corrected chi connectivity index (χ3v) is 18.0. The molecule has 2 atom stereocenters. The Labute approximate surface area is 156 Å². The molecule has 3 aliphatic rings. The molecule has 3 heterocycles. The van der Waals surface area contributed by atoms with Gasteiger partial charge in [-0.1, -0.05) is 0 Å². The van der Waals surface area contributed by atoms with Gasteiger partial charge in [-0.05, 0) is 0 Å². The van der Waals surface area contributed by atoms with Crippen LogP contribution in [0.5, 0.6) is 0 Å². The monoisotopic (exact) mass is 453 g/mol. The first-order valence-corrected chi connectivity index (χ1v) is 14.3. The molecule has 1 fully saturated rings. The standard InChI is InChI=1S/C19H13FNO2S.In/c20-16-10-4-6-13(11-16)5-3-9-14-7-1-2-8-15(14)12-17-18(22)21-19(23)24-17;/h1-2,4,6,8-12,17H,5H2,(H,21,22,23);. The number of hydrogen-bond acceptors (Lipinski definition) is 3. The number of amides is 2. The Bertz CT molecular complexity index is 974. The zero-order chi connectivity index (χ0) is 17.1. The van der Waals surface area contributed by atoms with Crippen LogP contribution in [0.2, 0.25) is 0 Å². The molecule has 2 amide bonds. The molecule has 3 aliphatic heterocycles. The number of imide groups is 1. The van der Waals surface area contributed by atoms with Crippen LogP contribution in [0.15, 0.2) is 45.8 Å². The topological polar surface area (TPSA) is 46.2 Å². The Morgan fingerprint density at radius 3 is 2.72 bits per heavy atom. The number of hydrogen-bond donors (Lipinski definition) is 1. The van der Waals surface area contributed by atoms with Gasteiger partial charge in [-0.2, -0.15) is 0 Å². The molecule has 122 valence electrons. The number of carbonyl (C=O) groups excluding carboxylic acids is 2. The van der Waals surface area contributed by atoms with E-state index >= 15 is 0 Å². The van der Waals surface area contributed by atoms with Crippen LogP contribution in [0, 0.1) is 5.82 Å². The second kappa shape index (κ2) is 5.74. The van der Waals surface area contributed by atoms with Crippen LogP contribution in [0.4, 0.5) is 9.18 Å². The van der Waals surface area contributed by atoms with Gasteiger partial charge >= 0.3 is 157 Å². The fourth-order valence-electron chi connectivity index (χ4n) is 4.40. The molecule has 0 aliphatic carbocycles. The molecule has 2 aromatic carbocycles. The summed E-state index contributed by atoms with van der Waals surface area (Å²) < 4.78 is 16.6. The summed E-state index contributed by atoms with van der Waals surface area (Å²) >= 11 is -1.33. The predicted octanol–water partition coefficient (Wildman–Crippen LogP) is 2.69. The first-order chi connectivity index (χ1) is 12.1. The second-order valence-electron chi connectivity index (χ2n) is 6.69. The number of benzene rings is 2. The van der Waals surface area contributed by atoms with E-state index in [0.29, 0.717) is 0 Å². The van der Waals surface area contributed by atoms with E-state index in [0.717, 1.165) is 23.7 Å². The summed E-state index contributed by atoms with van der Waals surface area (Å²) in [6.45, 7) is 0. The number of allylic oxidation sites excluding steroid dienone is 1. The van der Waals surface area contributed by atoms with Gasteiger partial charge in [0.05, 0.1) is 0 Å². The summed E-state index contributed by atoms with van der Waals surface area (Å²) in [7, 11) is 0. The molecule has 2 aromatic rings. The first kappa shape index (κ1) is 15.7. The van der Waals surface area contributed by atoms with E-state index in [2.05, 4.69) is 29.6 Å². The van der Waals surface area contributed by atoms with Crippen molar-refractivity contribution in [2.45, 2.75) is 15.3 Å². The van der Waals surface area contributed by atoms with Gasteiger partial charge in [0, 0.05) is 0 Å². The van der Waals surface area contributed by atoms with E-state index in [4.69, 9.17) is 0 Å². The third kappa shape index (κ3) is 2.41. The second-order valence-corrected chi connectivity index (χ2v) is 16.5. The third-order valence-electron chi connectivity index (χ3n) is 5.30. The zero-order valence-corrected chi connectivity index (χ0v) is 17.3. The van der Waals surface area contributed by atoms with E-state index in [9.17, 15) is 14.0 Å². The molecule has 2 unspecified atom stereocenters. The molecule has 0 aromatic heterocycles. The van der Waals surface area contributed by atoms with Crippen LogP contribution in [-0.4, -0.2) is 37.8 Å². The SMILES string of the molecule is O=C1NC(=O)C([CH]2c3ccc[c]4c3C=[C](Cc3cccc(F)c3)[In]42)S1. The molecule has 6 heteroatoms. The van der Waals surface area contributed by atoms with Crippen LogP contribution in [0.3, 0.4) is 0 Å². The summed E-state index contributed by atoms with van der Waals surface area (Å²) in [6, 6.07) is 13.1. The first-order valence-electron chi connectivity index (χ1n) is 8.21. The number of nitrogens with one attached hydrogen (secondary N) is 1. The van der Waals surface area contributed by atoms with E-state index in [1.54, 1.807) is 12.1 Å². The van der Waals surface area contributed by atoms with Gasteiger partial charge in [0.25, 0.3) is 0 Å². The summed E-state index contributed by atoms with van der Waals surface area (Å²) in [5.41, 5.74) is 3.48. The fourth-order valence-corrected chi connectivity index (χ4v) is 18.8. The van der Waals surface area contributed by atoms with E-state index in [1.807, 2.05) is 6.07 Å². The predicted molar refractivity (Wildman–Crippen MR) is 97.6 cm³/mol. The van der Waals surface area contributed by atoms with Gasteiger partial charge in [0.15, 0.2) is 0 Å². The van der Waals surface area contributed by atoms with Gasteiger partial charge in [0.2, 0.25) is 0 Å². The minimum atomic E-state index is -2.47. The van der Waals surface area contributed by atoms with Crippen LogP contribution in [0.1, 0.15) is 20.4 Å². The summed E-state index contributed by atoms with van der Waals surface area (Å²) in [6.07, 6.45) is 3.02. The van der Waals surface area contributed by atoms with Crippen molar-refractivity contribution in [2.75, 3.05) is 0 Å². The quantitative estimate of drug-likeness (QED) is 0.778. The number of rotatable bonds is 3.